The number of benzene rings is 1. The molecule has 3 rings (SSSR count). The molecule has 0 bridgehead atoms. The van der Waals surface area contributed by atoms with Crippen molar-refractivity contribution in [3.8, 4) is 0 Å². The zero-order valence-corrected chi connectivity index (χ0v) is 13.0. The lowest BCUT2D eigenvalue weighted by atomic mass is 9.88. The van der Waals surface area contributed by atoms with E-state index in [2.05, 4.69) is 23.6 Å². The fourth-order valence-electron chi connectivity index (χ4n) is 3.20. The molecule has 1 amide bonds. The lowest BCUT2D eigenvalue weighted by molar-refractivity contribution is -0.129. The first-order valence-corrected chi connectivity index (χ1v) is 7.97. The first-order chi connectivity index (χ1) is 10.2. The lowest BCUT2D eigenvalue weighted by Gasteiger charge is -2.31. The molecule has 2 aromatic rings. The number of carbonyl (C=O) groups is 1. The van der Waals surface area contributed by atoms with Crippen molar-refractivity contribution in [3.05, 3.63) is 58.3 Å². The van der Waals surface area contributed by atoms with E-state index in [4.69, 9.17) is 4.74 Å². The molecule has 1 fully saturated rings. The van der Waals surface area contributed by atoms with Gasteiger partial charge in [-0.05, 0) is 17.0 Å². The molecule has 3 nitrogen and oxygen atoms in total. The van der Waals surface area contributed by atoms with Gasteiger partial charge in [0.05, 0.1) is 6.04 Å². The van der Waals surface area contributed by atoms with Crippen molar-refractivity contribution in [2.24, 2.45) is 0 Å². The molecule has 0 N–H and O–H groups in total. The van der Waals surface area contributed by atoms with Crippen LogP contribution in [0.1, 0.15) is 28.9 Å². The van der Waals surface area contributed by atoms with E-state index < -0.39 is 0 Å². The summed E-state index contributed by atoms with van der Waals surface area (Å²) in [7, 11) is 3.61. The summed E-state index contributed by atoms with van der Waals surface area (Å²) in [5.74, 6) is 0.364. The molecule has 1 aliphatic heterocycles. The van der Waals surface area contributed by atoms with Gasteiger partial charge in [0.1, 0.15) is 6.10 Å². The topological polar surface area (TPSA) is 29.5 Å². The Morgan fingerprint density at radius 3 is 2.62 bits per heavy atom. The van der Waals surface area contributed by atoms with Crippen LogP contribution in [0.15, 0.2) is 47.8 Å². The predicted octanol–water partition coefficient (Wildman–Crippen LogP) is 3.45. The highest BCUT2D eigenvalue weighted by Gasteiger charge is 2.43. The summed E-state index contributed by atoms with van der Waals surface area (Å²) >= 11 is 1.68. The summed E-state index contributed by atoms with van der Waals surface area (Å²) in [6.45, 7) is 0. The molecule has 0 saturated carbocycles. The number of hydrogen-bond donors (Lipinski definition) is 0. The minimum atomic E-state index is -0.0772. The molecule has 4 heteroatoms. The summed E-state index contributed by atoms with van der Waals surface area (Å²) in [6.07, 6.45) is 0.475. The smallest absolute Gasteiger partial charge is 0.223 e. The Labute approximate surface area is 129 Å². The van der Waals surface area contributed by atoms with Crippen LogP contribution in [0.25, 0.3) is 0 Å². The number of nitrogens with zero attached hydrogens (tertiary/aromatic N) is 1. The van der Waals surface area contributed by atoms with Crippen LogP contribution in [-0.4, -0.2) is 31.0 Å². The molecule has 1 saturated heterocycles. The second-order valence-electron chi connectivity index (χ2n) is 5.39. The first kappa shape index (κ1) is 14.3. The Hall–Kier alpha value is -1.65. The van der Waals surface area contributed by atoms with Crippen LogP contribution in [-0.2, 0) is 9.53 Å². The molecule has 21 heavy (non-hydrogen) atoms. The molecule has 0 unspecified atom stereocenters. The molecule has 110 valence electrons. The van der Waals surface area contributed by atoms with Crippen molar-refractivity contribution in [2.45, 2.75) is 24.5 Å². The molecule has 0 spiro atoms. The van der Waals surface area contributed by atoms with Crippen LogP contribution in [0.2, 0.25) is 0 Å². The van der Waals surface area contributed by atoms with Gasteiger partial charge in [0.2, 0.25) is 5.91 Å². The van der Waals surface area contributed by atoms with Gasteiger partial charge < -0.3 is 9.64 Å². The minimum absolute atomic E-state index is 0.0450. The minimum Gasteiger partial charge on any atom is -0.374 e. The summed E-state index contributed by atoms with van der Waals surface area (Å²) < 4.78 is 5.77. The van der Waals surface area contributed by atoms with Gasteiger partial charge in [0.15, 0.2) is 0 Å². The van der Waals surface area contributed by atoms with Crippen molar-refractivity contribution in [3.63, 3.8) is 0 Å². The van der Waals surface area contributed by atoms with Crippen LogP contribution in [0.4, 0.5) is 0 Å². The standard InChI is InChI=1S/C17H19NO2S/c1-18-15(19)11-13(12-7-4-3-5-8-12)16(18)17(20-2)14-9-6-10-21-14/h3-10,13,16-17H,11H2,1-2H3/t13-,16-,17+/m1/s1. The maximum atomic E-state index is 12.2. The van der Waals surface area contributed by atoms with Crippen LogP contribution in [0.3, 0.4) is 0 Å². The summed E-state index contributed by atoms with van der Waals surface area (Å²) in [5, 5.41) is 2.05. The Morgan fingerprint density at radius 1 is 1.24 bits per heavy atom. The monoisotopic (exact) mass is 301 g/mol. The lowest BCUT2D eigenvalue weighted by Crippen LogP contribution is -2.37. The summed E-state index contributed by atoms with van der Waals surface area (Å²) in [4.78, 5) is 15.3. The quantitative estimate of drug-likeness (QED) is 0.865. The number of rotatable bonds is 4. The average molecular weight is 301 g/mol. The van der Waals surface area contributed by atoms with Crippen molar-refractivity contribution >= 4 is 17.2 Å². The van der Waals surface area contributed by atoms with Gasteiger partial charge in [-0.2, -0.15) is 0 Å². The Kier molecular flexibility index (Phi) is 4.08. The van der Waals surface area contributed by atoms with Gasteiger partial charge in [-0.3, -0.25) is 4.79 Å². The number of ether oxygens (including phenoxy) is 1. The third kappa shape index (κ3) is 2.61. The van der Waals surface area contributed by atoms with Gasteiger partial charge in [0, 0.05) is 31.4 Å². The van der Waals surface area contributed by atoms with Gasteiger partial charge in [-0.1, -0.05) is 36.4 Å². The highest BCUT2D eigenvalue weighted by molar-refractivity contribution is 7.10. The number of hydrogen-bond acceptors (Lipinski definition) is 3. The Bertz CT molecular complexity index is 597. The third-order valence-electron chi connectivity index (χ3n) is 4.26. The zero-order valence-electron chi connectivity index (χ0n) is 12.2. The van der Waals surface area contributed by atoms with Gasteiger partial charge in [-0.25, -0.2) is 0 Å². The number of methoxy groups -OCH3 is 1. The van der Waals surface area contributed by atoms with E-state index in [0.29, 0.717) is 6.42 Å². The summed E-state index contributed by atoms with van der Waals surface area (Å²) in [5.41, 5.74) is 1.21. The van der Waals surface area contributed by atoms with E-state index >= 15 is 0 Å². The van der Waals surface area contributed by atoms with Gasteiger partial charge in [0.25, 0.3) is 0 Å². The molecule has 1 aliphatic rings. The van der Waals surface area contributed by atoms with E-state index in [-0.39, 0.29) is 24.0 Å². The number of likely N-dealkylation sites (tertiary alicyclic amines) is 1. The fourth-order valence-corrected chi connectivity index (χ4v) is 4.04. The maximum absolute atomic E-state index is 12.2. The molecule has 1 aromatic carbocycles. The van der Waals surface area contributed by atoms with E-state index in [1.165, 1.54) is 10.4 Å². The Morgan fingerprint density at radius 2 is 2.00 bits per heavy atom. The number of thiophene rings is 1. The van der Waals surface area contributed by atoms with Gasteiger partial charge in [-0.15, -0.1) is 11.3 Å². The molecular weight excluding hydrogens is 282 g/mol. The number of likely N-dealkylation sites (N-methyl/N-ethyl adjacent to an activating group) is 1. The SMILES string of the molecule is CO[C@@H](c1cccs1)[C@H]1[C@@H](c2ccccc2)CC(=O)N1C. The molecule has 3 atom stereocenters. The molecule has 0 radical (unpaired) electrons. The second kappa shape index (κ2) is 6.00. The Balaban J connectivity index is 1.98. The van der Waals surface area contributed by atoms with Crippen molar-refractivity contribution in [1.82, 2.24) is 4.90 Å². The molecule has 1 aromatic heterocycles. The van der Waals surface area contributed by atoms with E-state index in [1.807, 2.05) is 36.2 Å². The van der Waals surface area contributed by atoms with Crippen LogP contribution in [0.5, 0.6) is 0 Å². The molecule has 0 aliphatic carbocycles. The highest BCUT2D eigenvalue weighted by atomic mass is 32.1. The predicted molar refractivity (Wildman–Crippen MR) is 84.4 cm³/mol. The number of carbonyl (C=O) groups excluding carboxylic acids is 1. The largest absolute Gasteiger partial charge is 0.374 e. The normalized spacial score (nSPS) is 23.5. The van der Waals surface area contributed by atoms with E-state index in [0.717, 1.165) is 0 Å². The molecular formula is C17H19NO2S. The van der Waals surface area contributed by atoms with Crippen LogP contribution in [0, 0.1) is 0 Å². The van der Waals surface area contributed by atoms with Crippen LogP contribution < -0.4 is 0 Å². The van der Waals surface area contributed by atoms with Crippen LogP contribution >= 0.6 is 11.3 Å². The van der Waals surface area contributed by atoms with Crippen molar-refractivity contribution in [1.29, 1.82) is 0 Å². The average Bonchev–Trinajstić information content (AvgIpc) is 3.13. The maximum Gasteiger partial charge on any atom is 0.223 e. The van der Waals surface area contributed by atoms with E-state index in [9.17, 15) is 4.79 Å². The third-order valence-corrected chi connectivity index (χ3v) is 5.20. The van der Waals surface area contributed by atoms with Crippen molar-refractivity contribution in [2.75, 3.05) is 14.2 Å². The fraction of sp³-hybridized carbons (Fsp3) is 0.353. The van der Waals surface area contributed by atoms with E-state index in [1.54, 1.807) is 18.4 Å². The van der Waals surface area contributed by atoms with Gasteiger partial charge >= 0.3 is 0 Å². The van der Waals surface area contributed by atoms with Crippen molar-refractivity contribution < 1.29 is 9.53 Å². The zero-order chi connectivity index (χ0) is 14.8. The second-order valence-corrected chi connectivity index (χ2v) is 6.37. The highest BCUT2D eigenvalue weighted by Crippen LogP contribution is 2.42. The summed E-state index contributed by atoms with van der Waals surface area (Å²) in [6, 6.07) is 14.4. The molecule has 2 heterocycles. The number of amides is 1. The first-order valence-electron chi connectivity index (χ1n) is 7.09.